The summed E-state index contributed by atoms with van der Waals surface area (Å²) in [6.45, 7) is 0. The maximum atomic E-state index is 8.64. The number of rotatable bonds is 2. The van der Waals surface area contributed by atoms with Crippen LogP contribution in [0.15, 0.2) is 23.7 Å². The fourth-order valence-electron chi connectivity index (χ4n) is 3.33. The Bertz CT molecular complexity index is 796. The fourth-order valence-corrected chi connectivity index (χ4v) is 3.33. The predicted molar refractivity (Wildman–Crippen MR) is 77.6 cm³/mol. The summed E-state index contributed by atoms with van der Waals surface area (Å²) >= 11 is 0. The molecule has 0 spiro atoms. The van der Waals surface area contributed by atoms with Gasteiger partial charge in [-0.15, -0.1) is 10.3 Å². The summed E-state index contributed by atoms with van der Waals surface area (Å²) in [5.74, 6) is 0.786. The Morgan fingerprint density at radius 2 is 2.19 bits per heavy atom. The SMILES string of the molecule is ON=CC1CCC(c2nnn3cnc4[nH]ccc4c23)CC1. The van der Waals surface area contributed by atoms with Gasteiger partial charge in [0.15, 0.2) is 0 Å². The second-order valence-electron chi connectivity index (χ2n) is 5.63. The van der Waals surface area contributed by atoms with Gasteiger partial charge in [-0.2, -0.15) is 0 Å². The molecule has 7 heteroatoms. The summed E-state index contributed by atoms with van der Waals surface area (Å²) < 4.78 is 1.76. The summed E-state index contributed by atoms with van der Waals surface area (Å²) in [6, 6.07) is 2.02. The number of fused-ring (bicyclic) bond motifs is 3. The van der Waals surface area contributed by atoms with E-state index in [0.29, 0.717) is 11.8 Å². The van der Waals surface area contributed by atoms with E-state index >= 15 is 0 Å². The molecule has 3 heterocycles. The first-order chi connectivity index (χ1) is 10.4. The quantitative estimate of drug-likeness (QED) is 0.429. The highest BCUT2D eigenvalue weighted by Crippen LogP contribution is 2.37. The highest BCUT2D eigenvalue weighted by molar-refractivity contribution is 5.92. The molecule has 0 saturated heterocycles. The van der Waals surface area contributed by atoms with Crippen molar-refractivity contribution in [3.05, 3.63) is 24.3 Å². The topological polar surface area (TPSA) is 91.5 Å². The Hall–Kier alpha value is -2.44. The molecule has 0 unspecified atom stereocenters. The molecule has 1 aliphatic rings. The number of H-pyrrole nitrogens is 1. The molecule has 2 N–H and O–H groups in total. The van der Waals surface area contributed by atoms with E-state index in [1.54, 1.807) is 17.1 Å². The van der Waals surface area contributed by atoms with E-state index in [-0.39, 0.29) is 0 Å². The third-order valence-corrected chi connectivity index (χ3v) is 4.43. The smallest absolute Gasteiger partial charge is 0.141 e. The van der Waals surface area contributed by atoms with E-state index in [9.17, 15) is 0 Å². The van der Waals surface area contributed by atoms with Gasteiger partial charge in [0, 0.05) is 23.7 Å². The molecule has 0 aliphatic heterocycles. The number of hydrogen-bond donors (Lipinski definition) is 2. The van der Waals surface area contributed by atoms with Gasteiger partial charge in [-0.1, -0.05) is 5.21 Å². The molecule has 0 bridgehead atoms. The minimum absolute atomic E-state index is 0.377. The zero-order valence-corrected chi connectivity index (χ0v) is 11.5. The van der Waals surface area contributed by atoms with Crippen molar-refractivity contribution in [3.8, 4) is 0 Å². The summed E-state index contributed by atoms with van der Waals surface area (Å²) in [5, 5.41) is 21.5. The van der Waals surface area contributed by atoms with Crippen molar-refractivity contribution < 1.29 is 5.21 Å². The van der Waals surface area contributed by atoms with Crippen LogP contribution in [0.25, 0.3) is 16.6 Å². The lowest BCUT2D eigenvalue weighted by molar-refractivity contribution is 0.311. The van der Waals surface area contributed by atoms with Gasteiger partial charge in [0.25, 0.3) is 0 Å². The fraction of sp³-hybridized carbons (Fsp3) is 0.429. The van der Waals surface area contributed by atoms with Crippen molar-refractivity contribution in [1.29, 1.82) is 0 Å². The van der Waals surface area contributed by atoms with Gasteiger partial charge < -0.3 is 10.2 Å². The Morgan fingerprint density at radius 3 is 3.00 bits per heavy atom. The van der Waals surface area contributed by atoms with Crippen molar-refractivity contribution in [3.63, 3.8) is 0 Å². The van der Waals surface area contributed by atoms with Crippen molar-refractivity contribution in [2.24, 2.45) is 11.1 Å². The van der Waals surface area contributed by atoms with E-state index in [1.165, 1.54) is 0 Å². The minimum atomic E-state index is 0.377. The van der Waals surface area contributed by atoms with Gasteiger partial charge >= 0.3 is 0 Å². The van der Waals surface area contributed by atoms with Crippen LogP contribution in [-0.4, -0.2) is 36.2 Å². The molecule has 1 aliphatic carbocycles. The van der Waals surface area contributed by atoms with Crippen LogP contribution < -0.4 is 0 Å². The Morgan fingerprint density at radius 1 is 1.33 bits per heavy atom. The predicted octanol–water partition coefficient (Wildman–Crippen LogP) is 2.34. The number of aromatic amines is 1. The standard InChI is InChI=1S/C14H16N6O/c21-17-7-9-1-3-10(4-2-9)12-13-11-5-6-15-14(11)16-8-20(13)19-18-12/h5-10,15,21H,1-4H2. The number of aromatic nitrogens is 5. The summed E-state index contributed by atoms with van der Waals surface area (Å²) in [7, 11) is 0. The number of nitrogens with zero attached hydrogens (tertiary/aromatic N) is 5. The molecule has 21 heavy (non-hydrogen) atoms. The molecule has 108 valence electrons. The molecular formula is C14H16N6O. The van der Waals surface area contributed by atoms with E-state index in [0.717, 1.165) is 47.9 Å². The number of oxime groups is 1. The van der Waals surface area contributed by atoms with E-state index in [2.05, 4.69) is 25.4 Å². The lowest BCUT2D eigenvalue weighted by Gasteiger charge is -2.24. The van der Waals surface area contributed by atoms with Gasteiger partial charge in [-0.25, -0.2) is 9.50 Å². The van der Waals surface area contributed by atoms with Crippen LogP contribution in [0.4, 0.5) is 0 Å². The summed E-state index contributed by atoms with van der Waals surface area (Å²) in [6.07, 6.45) is 9.37. The first-order valence-corrected chi connectivity index (χ1v) is 7.21. The molecule has 0 amide bonds. The maximum absolute atomic E-state index is 8.64. The molecule has 3 aromatic rings. The third kappa shape index (κ3) is 1.96. The lowest BCUT2D eigenvalue weighted by atomic mass is 9.80. The van der Waals surface area contributed by atoms with Crippen LogP contribution in [0, 0.1) is 5.92 Å². The summed E-state index contributed by atoms with van der Waals surface area (Å²) in [5.41, 5.74) is 2.98. The monoisotopic (exact) mass is 284 g/mol. The van der Waals surface area contributed by atoms with Crippen molar-refractivity contribution in [2.75, 3.05) is 0 Å². The molecule has 0 atom stereocenters. The van der Waals surface area contributed by atoms with Gasteiger partial charge in [0.2, 0.25) is 0 Å². The molecule has 0 aromatic carbocycles. The van der Waals surface area contributed by atoms with Gasteiger partial charge in [-0.05, 0) is 37.7 Å². The minimum Gasteiger partial charge on any atom is -0.411 e. The van der Waals surface area contributed by atoms with Crippen molar-refractivity contribution in [1.82, 2.24) is 24.8 Å². The van der Waals surface area contributed by atoms with Crippen LogP contribution in [0.1, 0.15) is 37.3 Å². The molecule has 1 saturated carbocycles. The molecule has 0 radical (unpaired) electrons. The number of nitrogens with one attached hydrogen (secondary N) is 1. The third-order valence-electron chi connectivity index (χ3n) is 4.43. The van der Waals surface area contributed by atoms with Crippen molar-refractivity contribution in [2.45, 2.75) is 31.6 Å². The average Bonchev–Trinajstić information content (AvgIpc) is 3.14. The van der Waals surface area contributed by atoms with Gasteiger partial charge in [-0.3, -0.25) is 0 Å². The Balaban J connectivity index is 1.72. The Kier molecular flexibility index (Phi) is 2.83. The van der Waals surface area contributed by atoms with Crippen LogP contribution >= 0.6 is 0 Å². The second-order valence-corrected chi connectivity index (χ2v) is 5.63. The van der Waals surface area contributed by atoms with Crippen LogP contribution in [0.3, 0.4) is 0 Å². The first kappa shape index (κ1) is 12.3. The van der Waals surface area contributed by atoms with Gasteiger partial charge in [0.1, 0.15) is 17.5 Å². The highest BCUT2D eigenvalue weighted by Gasteiger charge is 2.26. The van der Waals surface area contributed by atoms with Crippen LogP contribution in [-0.2, 0) is 0 Å². The Labute approximate surface area is 120 Å². The number of hydrogen-bond acceptors (Lipinski definition) is 5. The molecule has 4 rings (SSSR count). The molecule has 7 nitrogen and oxygen atoms in total. The van der Waals surface area contributed by atoms with E-state index in [1.807, 2.05) is 12.3 Å². The summed E-state index contributed by atoms with van der Waals surface area (Å²) in [4.78, 5) is 7.45. The second kappa shape index (κ2) is 4.83. The van der Waals surface area contributed by atoms with E-state index in [4.69, 9.17) is 5.21 Å². The zero-order chi connectivity index (χ0) is 14.2. The normalized spacial score (nSPS) is 23.4. The zero-order valence-electron chi connectivity index (χ0n) is 11.5. The maximum Gasteiger partial charge on any atom is 0.141 e. The average molecular weight is 284 g/mol. The highest BCUT2D eigenvalue weighted by atomic mass is 16.4. The first-order valence-electron chi connectivity index (χ1n) is 7.21. The van der Waals surface area contributed by atoms with Crippen LogP contribution in [0.5, 0.6) is 0 Å². The van der Waals surface area contributed by atoms with Crippen molar-refractivity contribution >= 4 is 22.8 Å². The lowest BCUT2D eigenvalue weighted by Crippen LogP contribution is -2.14. The molecule has 3 aromatic heterocycles. The largest absolute Gasteiger partial charge is 0.411 e. The van der Waals surface area contributed by atoms with Gasteiger partial charge in [0.05, 0.1) is 5.69 Å². The van der Waals surface area contributed by atoms with Crippen LogP contribution in [0.2, 0.25) is 0 Å². The molecular weight excluding hydrogens is 268 g/mol. The van der Waals surface area contributed by atoms with E-state index < -0.39 is 0 Å². The molecule has 1 fully saturated rings.